The third-order valence-corrected chi connectivity index (χ3v) is 5.25. The van der Waals surface area contributed by atoms with Crippen molar-refractivity contribution >= 4 is 6.03 Å². The number of nitrogens with one attached hydrogen (secondary N) is 2. The molecule has 2 fully saturated rings. The van der Waals surface area contributed by atoms with Gasteiger partial charge in [0.05, 0.1) is 6.54 Å². The Kier molecular flexibility index (Phi) is 5.23. The summed E-state index contributed by atoms with van der Waals surface area (Å²) < 4.78 is 0. The number of H-pyrrole nitrogens is 1. The summed E-state index contributed by atoms with van der Waals surface area (Å²) in [6.45, 7) is 7.99. The second-order valence-electron chi connectivity index (χ2n) is 7.09. The number of hydrogen-bond donors (Lipinski definition) is 2. The third-order valence-electron chi connectivity index (χ3n) is 5.25. The average molecular weight is 332 g/mol. The first-order valence-corrected chi connectivity index (χ1v) is 9.01. The fraction of sp³-hybridized carbons (Fsp3) is 0.667. The molecule has 0 aliphatic carbocycles. The van der Waals surface area contributed by atoms with Crippen molar-refractivity contribution < 1.29 is 4.79 Å². The summed E-state index contributed by atoms with van der Waals surface area (Å²) >= 11 is 0. The summed E-state index contributed by atoms with van der Waals surface area (Å²) in [7, 11) is 0. The van der Waals surface area contributed by atoms with E-state index in [0.717, 1.165) is 43.9 Å². The van der Waals surface area contributed by atoms with Gasteiger partial charge >= 0.3 is 6.03 Å². The number of aromatic nitrogens is 1. The quantitative estimate of drug-likeness (QED) is 0.886. The number of aromatic amines is 1. The summed E-state index contributed by atoms with van der Waals surface area (Å²) in [6.07, 6.45) is 4.79. The predicted octanol–water partition coefficient (Wildman–Crippen LogP) is 1.76. The minimum absolute atomic E-state index is 0.0572. The van der Waals surface area contributed by atoms with Crippen molar-refractivity contribution in [1.29, 1.82) is 0 Å². The van der Waals surface area contributed by atoms with E-state index in [1.807, 2.05) is 24.8 Å². The second-order valence-corrected chi connectivity index (χ2v) is 7.09. The number of aryl methyl sites for hydroxylation is 2. The van der Waals surface area contributed by atoms with Crippen LogP contribution in [0.15, 0.2) is 10.9 Å². The van der Waals surface area contributed by atoms with E-state index in [1.165, 1.54) is 19.3 Å². The Morgan fingerprint density at radius 2 is 2.00 bits per heavy atom. The number of likely N-dealkylation sites (tertiary alicyclic amines) is 2. The van der Waals surface area contributed by atoms with Crippen LogP contribution in [0.4, 0.5) is 4.79 Å². The Labute approximate surface area is 143 Å². The highest BCUT2D eigenvalue weighted by atomic mass is 16.2. The lowest BCUT2D eigenvalue weighted by Crippen LogP contribution is -2.51. The summed E-state index contributed by atoms with van der Waals surface area (Å²) in [6, 6.07) is 2.38. The number of amides is 2. The molecule has 0 saturated carbocycles. The first-order chi connectivity index (χ1) is 11.5. The number of pyridine rings is 1. The topological polar surface area (TPSA) is 68.4 Å². The highest BCUT2D eigenvalue weighted by Crippen LogP contribution is 2.20. The molecule has 0 radical (unpaired) electrons. The van der Waals surface area contributed by atoms with E-state index in [4.69, 9.17) is 0 Å². The van der Waals surface area contributed by atoms with Gasteiger partial charge in [0, 0.05) is 30.4 Å². The van der Waals surface area contributed by atoms with Gasteiger partial charge in [-0.15, -0.1) is 0 Å². The van der Waals surface area contributed by atoms with Crippen molar-refractivity contribution in [3.63, 3.8) is 0 Å². The Bertz CT molecular complexity index is 649. The molecule has 1 aromatic rings. The largest absolute Gasteiger partial charge is 0.334 e. The maximum atomic E-state index is 12.5. The summed E-state index contributed by atoms with van der Waals surface area (Å²) in [5, 5.41) is 2.93. The molecular weight excluding hydrogens is 304 g/mol. The maximum absolute atomic E-state index is 12.5. The number of urea groups is 1. The van der Waals surface area contributed by atoms with E-state index in [2.05, 4.69) is 15.2 Å². The Hall–Kier alpha value is -1.82. The van der Waals surface area contributed by atoms with Gasteiger partial charge in [-0.25, -0.2) is 4.79 Å². The van der Waals surface area contributed by atoms with Crippen LogP contribution in [0.25, 0.3) is 0 Å². The van der Waals surface area contributed by atoms with Crippen LogP contribution >= 0.6 is 0 Å². The summed E-state index contributed by atoms with van der Waals surface area (Å²) in [5.74, 6) is 0. The zero-order chi connectivity index (χ0) is 17.1. The molecule has 0 unspecified atom stereocenters. The van der Waals surface area contributed by atoms with E-state index in [1.54, 1.807) is 0 Å². The average Bonchev–Trinajstić information content (AvgIpc) is 3.08. The number of nitrogens with zero attached hydrogens (tertiary/aromatic N) is 2. The van der Waals surface area contributed by atoms with E-state index >= 15 is 0 Å². The zero-order valence-corrected chi connectivity index (χ0v) is 14.7. The van der Waals surface area contributed by atoms with Crippen molar-refractivity contribution in [3.8, 4) is 0 Å². The lowest BCUT2D eigenvalue weighted by atomic mass is 10.0. The molecule has 3 heterocycles. The maximum Gasteiger partial charge on any atom is 0.317 e. The van der Waals surface area contributed by atoms with Crippen LogP contribution in [0.3, 0.4) is 0 Å². The predicted molar refractivity (Wildman–Crippen MR) is 94.2 cm³/mol. The smallest absolute Gasteiger partial charge is 0.317 e. The zero-order valence-electron chi connectivity index (χ0n) is 14.7. The van der Waals surface area contributed by atoms with Gasteiger partial charge < -0.3 is 15.2 Å². The standard InChI is InChI=1S/C18H28N4O2/c1-13-10-14(2)20-17(23)16(13)11-19-18(24)22-9-5-6-15(12-22)21-7-3-4-8-21/h10,15H,3-9,11-12H2,1-2H3,(H,19,24)(H,20,23)/t15-/m1/s1. The van der Waals surface area contributed by atoms with Gasteiger partial charge in [0.15, 0.2) is 0 Å². The van der Waals surface area contributed by atoms with Crippen LogP contribution in [0.1, 0.15) is 42.5 Å². The van der Waals surface area contributed by atoms with Crippen molar-refractivity contribution in [2.24, 2.45) is 0 Å². The Morgan fingerprint density at radius 1 is 1.25 bits per heavy atom. The van der Waals surface area contributed by atoms with Gasteiger partial charge in [0.1, 0.15) is 0 Å². The van der Waals surface area contributed by atoms with Crippen molar-refractivity contribution in [1.82, 2.24) is 20.1 Å². The molecule has 6 heteroatoms. The van der Waals surface area contributed by atoms with Gasteiger partial charge in [-0.2, -0.15) is 0 Å². The molecule has 1 atom stereocenters. The molecule has 6 nitrogen and oxygen atoms in total. The lowest BCUT2D eigenvalue weighted by Gasteiger charge is -2.37. The number of carbonyl (C=O) groups excluding carboxylic acids is 1. The molecule has 2 amide bonds. The molecule has 2 aliphatic heterocycles. The van der Waals surface area contributed by atoms with E-state index < -0.39 is 0 Å². The van der Waals surface area contributed by atoms with Crippen LogP contribution in [0.2, 0.25) is 0 Å². The van der Waals surface area contributed by atoms with Crippen molar-refractivity contribution in [2.45, 2.75) is 52.1 Å². The molecular formula is C18H28N4O2. The van der Waals surface area contributed by atoms with Crippen LogP contribution < -0.4 is 10.9 Å². The highest BCUT2D eigenvalue weighted by molar-refractivity contribution is 5.74. The fourth-order valence-electron chi connectivity index (χ4n) is 3.92. The van der Waals surface area contributed by atoms with Crippen LogP contribution in [-0.4, -0.2) is 53.0 Å². The first-order valence-electron chi connectivity index (χ1n) is 9.01. The number of piperidine rings is 1. The lowest BCUT2D eigenvalue weighted by molar-refractivity contribution is 0.125. The highest BCUT2D eigenvalue weighted by Gasteiger charge is 2.29. The van der Waals surface area contributed by atoms with Gasteiger partial charge in [0.2, 0.25) is 0 Å². The van der Waals surface area contributed by atoms with Crippen molar-refractivity contribution in [3.05, 3.63) is 33.2 Å². The van der Waals surface area contributed by atoms with Crippen LogP contribution in [0.5, 0.6) is 0 Å². The van der Waals surface area contributed by atoms with Crippen LogP contribution in [-0.2, 0) is 6.54 Å². The minimum Gasteiger partial charge on any atom is -0.334 e. The van der Waals surface area contributed by atoms with Gasteiger partial charge in [-0.3, -0.25) is 9.69 Å². The number of rotatable bonds is 3. The molecule has 132 valence electrons. The SMILES string of the molecule is Cc1cc(C)c(CNC(=O)N2CCC[C@@H](N3CCCC3)C2)c(=O)[nH]1. The molecule has 1 aromatic heterocycles. The van der Waals surface area contributed by atoms with Gasteiger partial charge in [-0.05, 0) is 64.3 Å². The molecule has 24 heavy (non-hydrogen) atoms. The molecule has 2 aliphatic rings. The monoisotopic (exact) mass is 332 g/mol. The minimum atomic E-state index is -0.110. The third kappa shape index (κ3) is 3.80. The Balaban J connectivity index is 1.58. The molecule has 3 rings (SSSR count). The van der Waals surface area contributed by atoms with Gasteiger partial charge in [-0.1, -0.05) is 0 Å². The van der Waals surface area contributed by atoms with Gasteiger partial charge in [0.25, 0.3) is 5.56 Å². The van der Waals surface area contributed by atoms with E-state index in [0.29, 0.717) is 11.6 Å². The molecule has 2 saturated heterocycles. The fourth-order valence-corrected chi connectivity index (χ4v) is 3.92. The number of hydrogen-bond acceptors (Lipinski definition) is 3. The molecule has 2 N–H and O–H groups in total. The van der Waals surface area contributed by atoms with Crippen molar-refractivity contribution in [2.75, 3.05) is 26.2 Å². The first kappa shape index (κ1) is 17.0. The molecule has 0 spiro atoms. The molecule has 0 bridgehead atoms. The number of carbonyl (C=O) groups is 1. The summed E-state index contributed by atoms with van der Waals surface area (Å²) in [5.41, 5.74) is 2.30. The Morgan fingerprint density at radius 3 is 2.71 bits per heavy atom. The normalized spacial score (nSPS) is 21.9. The van der Waals surface area contributed by atoms with E-state index in [-0.39, 0.29) is 18.1 Å². The molecule has 0 aromatic carbocycles. The summed E-state index contributed by atoms with van der Waals surface area (Å²) in [4.78, 5) is 31.8. The van der Waals surface area contributed by atoms with E-state index in [9.17, 15) is 9.59 Å². The second kappa shape index (κ2) is 7.38. The van der Waals surface area contributed by atoms with Crippen LogP contribution in [0, 0.1) is 13.8 Å².